The van der Waals surface area contributed by atoms with Crippen LogP contribution in [0, 0.1) is 19.7 Å². The normalized spacial score (nSPS) is 13.5. The van der Waals surface area contributed by atoms with Crippen LogP contribution in [0.15, 0.2) is 73.1 Å². The first-order valence-electron chi connectivity index (χ1n) is 13.4. The van der Waals surface area contributed by atoms with Gasteiger partial charge in [-0.15, -0.1) is 0 Å². The van der Waals surface area contributed by atoms with Crippen LogP contribution in [-0.2, 0) is 6.61 Å². The molecule has 6 nitrogen and oxygen atoms in total. The predicted molar refractivity (Wildman–Crippen MR) is 159 cm³/mol. The Morgan fingerprint density at radius 3 is 2.49 bits per heavy atom. The number of halogens is 1. The minimum Gasteiger partial charge on any atom is -0.496 e. The van der Waals surface area contributed by atoms with Gasteiger partial charge in [0.15, 0.2) is 0 Å². The summed E-state index contributed by atoms with van der Waals surface area (Å²) in [6.45, 7) is 10.3. The third-order valence-electron chi connectivity index (χ3n) is 7.05. The summed E-state index contributed by atoms with van der Waals surface area (Å²) in [5.74, 6) is 0.515. The highest BCUT2D eigenvalue weighted by atomic mass is 19.1. The van der Waals surface area contributed by atoms with Gasteiger partial charge >= 0.3 is 5.97 Å². The summed E-state index contributed by atoms with van der Waals surface area (Å²) in [5.41, 5.74) is 7.61. The molecule has 0 spiro atoms. The standard InChI is InChI=1S/C34H33FN2O4/c1-20-13-23(18-36-17-20)33(38)41-25-9-10-27(31(15-25)39-6)26-11-12-29-32(22(3)16-34(4,5)37-29)28(26)19-40-30-14-24(35)8-7-21(30)2/h7-18,37H,19H2,1-6H3. The van der Waals surface area contributed by atoms with Gasteiger partial charge in [0.2, 0.25) is 0 Å². The van der Waals surface area contributed by atoms with Crippen molar-refractivity contribution in [2.24, 2.45) is 0 Å². The van der Waals surface area contributed by atoms with Crippen molar-refractivity contribution in [2.45, 2.75) is 46.8 Å². The molecule has 0 atom stereocenters. The van der Waals surface area contributed by atoms with E-state index >= 15 is 0 Å². The number of allylic oxidation sites excluding steroid dienone is 1. The zero-order chi connectivity index (χ0) is 29.3. The molecule has 0 bridgehead atoms. The molecule has 3 aromatic carbocycles. The predicted octanol–water partition coefficient (Wildman–Crippen LogP) is 7.92. The Bertz CT molecular complexity index is 1680. The van der Waals surface area contributed by atoms with Crippen LogP contribution in [-0.4, -0.2) is 23.6 Å². The van der Waals surface area contributed by atoms with Crippen molar-refractivity contribution in [1.82, 2.24) is 4.98 Å². The lowest BCUT2D eigenvalue weighted by Crippen LogP contribution is -2.32. The van der Waals surface area contributed by atoms with Gasteiger partial charge in [0.1, 0.15) is 29.7 Å². The summed E-state index contributed by atoms with van der Waals surface area (Å²) in [6.07, 6.45) is 5.35. The number of pyridine rings is 1. The van der Waals surface area contributed by atoms with Gasteiger partial charge in [-0.3, -0.25) is 4.98 Å². The largest absolute Gasteiger partial charge is 0.496 e. The molecule has 4 aromatic rings. The molecule has 1 aliphatic rings. The Kier molecular flexibility index (Phi) is 7.54. The number of methoxy groups -OCH3 is 1. The van der Waals surface area contributed by atoms with Crippen molar-refractivity contribution in [2.75, 3.05) is 12.4 Å². The molecule has 0 unspecified atom stereocenters. The highest BCUT2D eigenvalue weighted by molar-refractivity contribution is 5.91. The number of nitrogens with one attached hydrogen (secondary N) is 1. The maximum absolute atomic E-state index is 14.0. The molecule has 0 radical (unpaired) electrons. The number of nitrogens with zero attached hydrogens (tertiary/aromatic N) is 1. The minimum atomic E-state index is -0.501. The lowest BCUT2D eigenvalue weighted by atomic mass is 9.85. The van der Waals surface area contributed by atoms with Crippen molar-refractivity contribution in [1.29, 1.82) is 0 Å². The van der Waals surface area contributed by atoms with Crippen LogP contribution in [0.2, 0.25) is 0 Å². The molecule has 5 rings (SSSR count). The lowest BCUT2D eigenvalue weighted by Gasteiger charge is -2.33. The Balaban J connectivity index is 1.56. The van der Waals surface area contributed by atoms with Gasteiger partial charge in [0.25, 0.3) is 0 Å². The smallest absolute Gasteiger partial charge is 0.345 e. The fourth-order valence-electron chi connectivity index (χ4n) is 5.27. The van der Waals surface area contributed by atoms with Crippen LogP contribution in [0.5, 0.6) is 17.2 Å². The van der Waals surface area contributed by atoms with Crippen LogP contribution < -0.4 is 19.5 Å². The first-order chi connectivity index (χ1) is 19.5. The highest BCUT2D eigenvalue weighted by Gasteiger charge is 2.27. The molecule has 0 fully saturated rings. The van der Waals surface area contributed by atoms with Crippen molar-refractivity contribution >= 4 is 17.2 Å². The van der Waals surface area contributed by atoms with E-state index in [1.165, 1.54) is 18.3 Å². The van der Waals surface area contributed by atoms with Crippen molar-refractivity contribution in [3.63, 3.8) is 0 Å². The Morgan fingerprint density at radius 2 is 1.73 bits per heavy atom. The van der Waals surface area contributed by atoms with E-state index in [4.69, 9.17) is 14.2 Å². The van der Waals surface area contributed by atoms with Gasteiger partial charge in [-0.2, -0.15) is 0 Å². The van der Waals surface area contributed by atoms with E-state index in [0.29, 0.717) is 22.8 Å². The van der Waals surface area contributed by atoms with E-state index in [1.807, 2.05) is 26.0 Å². The molecule has 0 aliphatic carbocycles. The second-order valence-corrected chi connectivity index (χ2v) is 10.9. The molecule has 1 aliphatic heterocycles. The van der Waals surface area contributed by atoms with E-state index in [-0.39, 0.29) is 18.0 Å². The average Bonchev–Trinajstić information content (AvgIpc) is 2.92. The molecule has 0 saturated carbocycles. The molecule has 41 heavy (non-hydrogen) atoms. The van der Waals surface area contributed by atoms with Crippen molar-refractivity contribution in [3.8, 4) is 28.4 Å². The third-order valence-corrected chi connectivity index (χ3v) is 7.05. The van der Waals surface area contributed by atoms with Crippen molar-refractivity contribution < 1.29 is 23.4 Å². The molecular formula is C34H33FN2O4. The summed E-state index contributed by atoms with van der Waals surface area (Å²) in [5, 5.41) is 3.60. The van der Waals surface area contributed by atoms with Gasteiger partial charge in [-0.1, -0.05) is 18.2 Å². The molecule has 1 aromatic heterocycles. The fourth-order valence-corrected chi connectivity index (χ4v) is 5.27. The maximum atomic E-state index is 14.0. The van der Waals surface area contributed by atoms with Crippen molar-refractivity contribution in [3.05, 3.63) is 107 Å². The average molecular weight is 553 g/mol. The number of aryl methyl sites for hydroxylation is 2. The summed E-state index contributed by atoms with van der Waals surface area (Å²) in [4.78, 5) is 16.8. The van der Waals surface area contributed by atoms with Gasteiger partial charge in [-0.25, -0.2) is 9.18 Å². The molecule has 210 valence electrons. The Morgan fingerprint density at radius 1 is 0.951 bits per heavy atom. The van der Waals surface area contributed by atoms with E-state index in [2.05, 4.69) is 43.2 Å². The molecule has 0 saturated heterocycles. The summed E-state index contributed by atoms with van der Waals surface area (Å²) >= 11 is 0. The number of aromatic nitrogens is 1. The van der Waals surface area contributed by atoms with Gasteiger partial charge in [0.05, 0.1) is 18.2 Å². The SMILES string of the molecule is COc1cc(OC(=O)c2cncc(C)c2)ccc1-c1ccc2c(c1COc1cc(F)ccc1C)C(C)=CC(C)(C)N2. The number of ether oxygens (including phenoxy) is 3. The maximum Gasteiger partial charge on any atom is 0.345 e. The second-order valence-electron chi connectivity index (χ2n) is 10.9. The number of anilines is 1. The molecule has 0 amide bonds. The number of hydrogen-bond acceptors (Lipinski definition) is 6. The fraction of sp³-hybridized carbons (Fsp3) is 0.235. The monoisotopic (exact) mass is 552 g/mol. The third kappa shape index (κ3) is 5.94. The summed E-state index contributed by atoms with van der Waals surface area (Å²) < 4.78 is 31.7. The number of hydrogen-bond donors (Lipinski definition) is 1. The zero-order valence-corrected chi connectivity index (χ0v) is 24.1. The van der Waals surface area contributed by atoms with E-state index in [0.717, 1.165) is 44.6 Å². The Hall–Kier alpha value is -4.65. The first kappa shape index (κ1) is 27.9. The van der Waals surface area contributed by atoms with Gasteiger partial charge in [-0.05, 0) is 87.2 Å². The summed E-state index contributed by atoms with van der Waals surface area (Å²) in [7, 11) is 1.58. The lowest BCUT2D eigenvalue weighted by molar-refractivity contribution is 0.0734. The Labute approximate surface area is 239 Å². The zero-order valence-electron chi connectivity index (χ0n) is 24.1. The van der Waals surface area contributed by atoms with Crippen LogP contribution in [0.3, 0.4) is 0 Å². The second kappa shape index (κ2) is 11.1. The van der Waals surface area contributed by atoms with E-state index in [1.54, 1.807) is 37.6 Å². The van der Waals surface area contributed by atoms with E-state index in [9.17, 15) is 9.18 Å². The van der Waals surface area contributed by atoms with Gasteiger partial charge < -0.3 is 19.5 Å². The number of carbonyl (C=O) groups excluding carboxylic acids is 1. The minimum absolute atomic E-state index is 0.205. The molecular weight excluding hydrogens is 519 g/mol. The first-order valence-corrected chi connectivity index (χ1v) is 13.4. The molecule has 7 heteroatoms. The number of esters is 1. The number of rotatable bonds is 7. The van der Waals surface area contributed by atoms with Crippen LogP contribution in [0.25, 0.3) is 16.7 Å². The van der Waals surface area contributed by atoms with Crippen LogP contribution in [0.1, 0.15) is 53.4 Å². The molecule has 1 N–H and O–H groups in total. The molecule has 2 heterocycles. The van der Waals surface area contributed by atoms with Crippen LogP contribution >= 0.6 is 0 Å². The van der Waals surface area contributed by atoms with Gasteiger partial charge in [0, 0.05) is 46.9 Å². The highest BCUT2D eigenvalue weighted by Crippen LogP contribution is 2.43. The van der Waals surface area contributed by atoms with E-state index < -0.39 is 5.97 Å². The number of carbonyl (C=O) groups is 1. The van der Waals surface area contributed by atoms with Crippen LogP contribution in [0.4, 0.5) is 10.1 Å². The number of fused-ring (bicyclic) bond motifs is 1. The topological polar surface area (TPSA) is 69.7 Å². The number of benzene rings is 3. The summed E-state index contributed by atoms with van der Waals surface area (Å²) in [6, 6.07) is 15.6. The quantitative estimate of drug-likeness (QED) is 0.186.